The number of fused-ring (bicyclic) bond motifs is 3. The van der Waals surface area contributed by atoms with Crippen LogP contribution in [0.1, 0.15) is 98.3 Å². The predicted octanol–water partition coefficient (Wildman–Crippen LogP) is 9.41. The molecule has 0 saturated heterocycles. The molecule has 0 heterocycles. The fourth-order valence-electron chi connectivity index (χ4n) is 6.83. The topological polar surface area (TPSA) is 54.4 Å². The fourth-order valence-corrected chi connectivity index (χ4v) is 6.83. The van der Waals surface area contributed by atoms with Gasteiger partial charge in [-0.1, -0.05) is 99.2 Å². The molecule has 3 aliphatic carbocycles. The summed E-state index contributed by atoms with van der Waals surface area (Å²) in [5, 5.41) is 0. The predicted molar refractivity (Wildman–Crippen MR) is 149 cm³/mol. The molecule has 0 spiro atoms. The van der Waals surface area contributed by atoms with Crippen LogP contribution in [0.3, 0.4) is 0 Å². The zero-order valence-corrected chi connectivity index (χ0v) is 22.8. The minimum absolute atomic E-state index is 0.745. The Morgan fingerprint density at radius 3 is 1.85 bits per heavy atom. The summed E-state index contributed by atoms with van der Waals surface area (Å²) in [6, 6.07) is 23.2. The lowest BCUT2D eigenvalue weighted by molar-refractivity contribution is -0.0510. The van der Waals surface area contributed by atoms with Crippen LogP contribution in [0.4, 0.5) is 13.2 Å². The van der Waals surface area contributed by atoms with Crippen LogP contribution >= 0.6 is 0 Å². The second-order valence-electron chi connectivity index (χ2n) is 11.1. The van der Waals surface area contributed by atoms with E-state index in [4.69, 9.17) is 13.0 Å². The van der Waals surface area contributed by atoms with Gasteiger partial charge in [0.1, 0.15) is 0 Å². The Labute approximate surface area is 229 Å². The molecule has 0 unspecified atom stereocenters. The molecule has 2 fully saturated rings. The third-order valence-electron chi connectivity index (χ3n) is 8.60. The highest BCUT2D eigenvalue weighted by Crippen LogP contribution is 2.51. The maximum absolute atomic E-state index is 10.7. The van der Waals surface area contributed by atoms with Gasteiger partial charge in [0.05, 0.1) is 0 Å². The monoisotopic (exact) mass is 556 g/mol. The smallest absolute Gasteiger partial charge is 0.279 e. The molecular formula is C32H35F3O3S. The third kappa shape index (κ3) is 5.94. The van der Waals surface area contributed by atoms with E-state index in [1.807, 2.05) is 0 Å². The second-order valence-corrected chi connectivity index (χ2v) is 12.5. The maximum Gasteiger partial charge on any atom is 0.522 e. The van der Waals surface area contributed by atoms with Crippen molar-refractivity contribution in [2.75, 3.05) is 0 Å². The molecule has 6 rings (SSSR count). The van der Waals surface area contributed by atoms with Crippen molar-refractivity contribution in [3.8, 4) is 22.3 Å². The molecule has 1 N–H and O–H groups in total. The molecule has 7 heteroatoms. The van der Waals surface area contributed by atoms with Crippen LogP contribution in [-0.4, -0.2) is 18.5 Å². The molecule has 0 aliphatic heterocycles. The first-order chi connectivity index (χ1) is 18.6. The Hall–Kier alpha value is -2.64. The van der Waals surface area contributed by atoms with E-state index < -0.39 is 15.6 Å². The van der Waals surface area contributed by atoms with Crippen molar-refractivity contribution in [2.24, 2.45) is 0 Å². The van der Waals surface area contributed by atoms with Gasteiger partial charge in [-0.05, 0) is 88.4 Å². The molecule has 3 aliphatic rings. The molecule has 3 aromatic carbocycles. The van der Waals surface area contributed by atoms with Gasteiger partial charge in [0, 0.05) is 0 Å². The molecule has 0 atom stereocenters. The molecule has 39 heavy (non-hydrogen) atoms. The zero-order valence-electron chi connectivity index (χ0n) is 22.0. The quantitative estimate of drug-likeness (QED) is 0.202. The van der Waals surface area contributed by atoms with Gasteiger partial charge in [0.15, 0.2) is 0 Å². The summed E-state index contributed by atoms with van der Waals surface area (Å²) < 4.78 is 57.5. The molecule has 0 bridgehead atoms. The molecule has 0 radical (unpaired) electrons. The minimum atomic E-state index is -5.84. The van der Waals surface area contributed by atoms with Crippen molar-refractivity contribution in [1.82, 2.24) is 0 Å². The molecule has 3 nitrogen and oxygen atoms in total. The van der Waals surface area contributed by atoms with Gasteiger partial charge in [-0.25, -0.2) is 0 Å². The second kappa shape index (κ2) is 11.5. The van der Waals surface area contributed by atoms with Gasteiger partial charge in [-0.15, -0.1) is 0 Å². The first kappa shape index (κ1) is 27.9. The van der Waals surface area contributed by atoms with E-state index in [0.29, 0.717) is 0 Å². The molecular weight excluding hydrogens is 521 g/mol. The highest BCUT2D eigenvalue weighted by atomic mass is 32.2. The van der Waals surface area contributed by atoms with Gasteiger partial charge in [0.2, 0.25) is 0 Å². The Balaban J connectivity index is 0.000000339. The standard InChI is InChI=1S/C31H34.CHF3O3S/c1-4-12-22(13-5-1)27-21-28-26-19-11-10-18-25(26)20-29(28)31(24-16-8-3-9-17-24)30(27)23-14-6-2-7-15-23;2-1(3,4)8(5,6)7/h3,8-11,16-19,21-23H,1-2,4-7,12-15,20H2;(H,5,6,7). The van der Waals surface area contributed by atoms with Crippen LogP contribution < -0.4 is 0 Å². The zero-order chi connectivity index (χ0) is 27.6. The van der Waals surface area contributed by atoms with Crippen molar-refractivity contribution in [2.45, 2.75) is 88.0 Å². The number of hydrogen-bond donors (Lipinski definition) is 1. The number of hydrogen-bond acceptors (Lipinski definition) is 2. The highest BCUT2D eigenvalue weighted by Gasteiger charge is 2.44. The van der Waals surface area contributed by atoms with Crippen LogP contribution in [0.5, 0.6) is 0 Å². The average Bonchev–Trinajstić information content (AvgIpc) is 3.31. The summed E-state index contributed by atoms with van der Waals surface area (Å²) in [5.41, 5.74) is 7.15. The Kier molecular flexibility index (Phi) is 8.20. The van der Waals surface area contributed by atoms with Crippen LogP contribution in [-0.2, 0) is 16.5 Å². The molecule has 0 aromatic heterocycles. The van der Waals surface area contributed by atoms with Crippen molar-refractivity contribution in [3.05, 3.63) is 82.9 Å². The van der Waals surface area contributed by atoms with E-state index in [0.717, 1.165) is 18.3 Å². The summed E-state index contributed by atoms with van der Waals surface area (Å²) in [6.45, 7) is 0. The lowest BCUT2D eigenvalue weighted by Crippen LogP contribution is -2.21. The van der Waals surface area contributed by atoms with Crippen LogP contribution in [0.2, 0.25) is 0 Å². The first-order valence-electron chi connectivity index (χ1n) is 14.0. The summed E-state index contributed by atoms with van der Waals surface area (Å²) in [7, 11) is -5.84. The largest absolute Gasteiger partial charge is 0.522 e. The van der Waals surface area contributed by atoms with Crippen molar-refractivity contribution in [1.29, 1.82) is 0 Å². The molecule has 3 aromatic rings. The van der Waals surface area contributed by atoms with Gasteiger partial charge in [-0.2, -0.15) is 21.6 Å². The third-order valence-corrected chi connectivity index (χ3v) is 9.18. The Bertz CT molecular complexity index is 1400. The molecule has 2 saturated carbocycles. The number of halogens is 3. The maximum atomic E-state index is 10.7. The van der Waals surface area contributed by atoms with Crippen molar-refractivity contribution in [3.63, 3.8) is 0 Å². The van der Waals surface area contributed by atoms with Crippen LogP contribution in [0.25, 0.3) is 22.3 Å². The normalized spacial score (nSPS) is 18.2. The number of alkyl halides is 3. The fraction of sp³-hybridized carbons (Fsp3) is 0.438. The van der Waals surface area contributed by atoms with Crippen LogP contribution in [0, 0.1) is 0 Å². The summed E-state index contributed by atoms with van der Waals surface area (Å²) in [5.74, 6) is 1.50. The van der Waals surface area contributed by atoms with E-state index in [1.165, 1.54) is 86.5 Å². The lowest BCUT2D eigenvalue weighted by atomic mass is 9.71. The van der Waals surface area contributed by atoms with E-state index in [-0.39, 0.29) is 0 Å². The highest BCUT2D eigenvalue weighted by molar-refractivity contribution is 7.86. The molecule has 208 valence electrons. The van der Waals surface area contributed by atoms with Gasteiger partial charge >= 0.3 is 15.6 Å². The Morgan fingerprint density at radius 1 is 0.718 bits per heavy atom. The van der Waals surface area contributed by atoms with E-state index in [1.54, 1.807) is 22.3 Å². The SMILES string of the molecule is O=S(=O)(O)C(F)(F)F.c1ccc(-c2c3c(cc(C4CCCCC4)c2C2CCCCC2)-c2ccccc2C3)cc1. The summed E-state index contributed by atoms with van der Waals surface area (Å²) >= 11 is 0. The van der Waals surface area contributed by atoms with E-state index in [9.17, 15) is 13.2 Å². The van der Waals surface area contributed by atoms with Gasteiger partial charge in [-0.3, -0.25) is 4.55 Å². The van der Waals surface area contributed by atoms with Crippen LogP contribution in [0.15, 0.2) is 60.7 Å². The minimum Gasteiger partial charge on any atom is -0.279 e. The average molecular weight is 557 g/mol. The Morgan fingerprint density at radius 2 is 1.26 bits per heavy atom. The first-order valence-corrected chi connectivity index (χ1v) is 15.5. The summed E-state index contributed by atoms with van der Waals surface area (Å²) in [6.07, 6.45) is 15.1. The molecule has 0 amide bonds. The van der Waals surface area contributed by atoms with E-state index >= 15 is 0 Å². The number of rotatable bonds is 3. The summed E-state index contributed by atoms with van der Waals surface area (Å²) in [4.78, 5) is 0. The van der Waals surface area contributed by atoms with Gasteiger partial charge < -0.3 is 0 Å². The van der Waals surface area contributed by atoms with Gasteiger partial charge in [0.25, 0.3) is 0 Å². The van der Waals surface area contributed by atoms with Crippen molar-refractivity contribution < 1.29 is 26.1 Å². The van der Waals surface area contributed by atoms with E-state index in [2.05, 4.69) is 60.7 Å². The lowest BCUT2D eigenvalue weighted by Gasteiger charge is -2.33. The number of benzene rings is 3. The van der Waals surface area contributed by atoms with Crippen molar-refractivity contribution >= 4 is 10.1 Å².